The van der Waals surface area contributed by atoms with E-state index in [1.165, 1.54) is 6.92 Å². The molecule has 0 saturated heterocycles. The fraction of sp³-hybridized carbons (Fsp3) is 0.571. The zero-order valence-electron chi connectivity index (χ0n) is 7.64. The van der Waals surface area contributed by atoms with Crippen LogP contribution in [0.4, 0.5) is 0 Å². The lowest BCUT2D eigenvalue weighted by Gasteiger charge is -1.90. The fourth-order valence-corrected chi connectivity index (χ4v) is 0.214. The van der Waals surface area contributed by atoms with Gasteiger partial charge in [0.15, 0.2) is 0 Å². The van der Waals surface area contributed by atoms with Crippen molar-refractivity contribution in [2.24, 2.45) is 5.73 Å². The van der Waals surface area contributed by atoms with Crippen LogP contribution < -0.4 is 5.73 Å². The highest BCUT2D eigenvalue weighted by Gasteiger charge is 2.00. The van der Waals surface area contributed by atoms with Crippen molar-refractivity contribution in [3.63, 3.8) is 0 Å². The Labute approximate surface area is 80.1 Å². The van der Waals surface area contributed by atoms with Crippen molar-refractivity contribution in [1.82, 2.24) is 0 Å². The molecule has 7 nitrogen and oxygen atoms in total. The summed E-state index contributed by atoms with van der Waals surface area (Å²) < 4.78 is 0. The van der Waals surface area contributed by atoms with Gasteiger partial charge in [-0.25, -0.2) is 0 Å². The monoisotopic (exact) mass is 207 g/mol. The predicted molar refractivity (Wildman–Crippen MR) is 45.8 cm³/mol. The largest absolute Gasteiger partial charge is 0.481 e. The molecule has 14 heavy (non-hydrogen) atoms. The molecule has 0 aliphatic heterocycles. The van der Waals surface area contributed by atoms with Crippen LogP contribution in [0.5, 0.6) is 0 Å². The minimum atomic E-state index is -1.08. The first kappa shape index (κ1) is 14.9. The van der Waals surface area contributed by atoms with Crippen LogP contribution in [0.15, 0.2) is 0 Å². The van der Waals surface area contributed by atoms with Crippen molar-refractivity contribution in [3.8, 4) is 0 Å². The van der Waals surface area contributed by atoms with Crippen molar-refractivity contribution in [1.29, 1.82) is 0 Å². The Bertz CT molecular complexity index is 198. The van der Waals surface area contributed by atoms with E-state index in [1.54, 1.807) is 0 Å². The lowest BCUT2D eigenvalue weighted by atomic mass is 10.3. The maximum absolute atomic E-state index is 9.64. The van der Waals surface area contributed by atoms with Gasteiger partial charge in [-0.3, -0.25) is 14.4 Å². The Balaban J connectivity index is 0. The summed E-state index contributed by atoms with van der Waals surface area (Å²) in [4.78, 5) is 28.9. The van der Waals surface area contributed by atoms with Gasteiger partial charge in [-0.15, -0.1) is 0 Å². The van der Waals surface area contributed by atoms with E-state index in [0.29, 0.717) is 0 Å². The molecular weight excluding hydrogens is 194 g/mol. The first-order chi connectivity index (χ1) is 6.27. The summed E-state index contributed by atoms with van der Waals surface area (Å²) in [5.41, 5.74) is 4.84. The van der Waals surface area contributed by atoms with Gasteiger partial charge < -0.3 is 21.1 Å². The van der Waals surface area contributed by atoms with E-state index in [2.05, 4.69) is 0 Å². The van der Waals surface area contributed by atoms with Crippen molar-refractivity contribution in [2.75, 3.05) is 0 Å². The first-order valence-corrected chi connectivity index (χ1v) is 3.69. The molecule has 0 aromatic carbocycles. The molecule has 0 radical (unpaired) electrons. The van der Waals surface area contributed by atoms with E-state index >= 15 is 0 Å². The van der Waals surface area contributed by atoms with E-state index in [0.717, 1.165) is 0 Å². The minimum absolute atomic E-state index is 0.296. The van der Waals surface area contributed by atoms with Gasteiger partial charge in [-0.2, -0.15) is 0 Å². The Kier molecular flexibility index (Phi) is 8.49. The normalized spacial score (nSPS) is 10.7. The molecule has 0 heterocycles. The second kappa shape index (κ2) is 7.99. The Morgan fingerprint density at radius 3 is 1.36 bits per heavy atom. The van der Waals surface area contributed by atoms with E-state index in [9.17, 15) is 14.4 Å². The first-order valence-electron chi connectivity index (χ1n) is 3.69. The third-order valence-corrected chi connectivity index (χ3v) is 0.942. The average Bonchev–Trinajstić information content (AvgIpc) is 2.01. The predicted octanol–water partition coefficient (Wildman–Crippen LogP) is -0.646. The highest BCUT2D eigenvalue weighted by molar-refractivity contribution is 5.75. The van der Waals surface area contributed by atoms with Gasteiger partial charge in [0.2, 0.25) is 0 Å². The van der Waals surface area contributed by atoms with Crippen molar-refractivity contribution in [2.45, 2.75) is 25.8 Å². The van der Waals surface area contributed by atoms with Crippen LogP contribution in [0.2, 0.25) is 0 Å². The zero-order chi connectivity index (χ0) is 11.7. The van der Waals surface area contributed by atoms with Crippen molar-refractivity contribution in [3.05, 3.63) is 0 Å². The molecular formula is C7H13NO6. The minimum Gasteiger partial charge on any atom is -0.481 e. The number of carbonyl (C=O) groups is 3. The molecule has 0 amide bonds. The van der Waals surface area contributed by atoms with Crippen LogP contribution in [0, 0.1) is 0 Å². The highest BCUT2D eigenvalue weighted by atomic mass is 16.4. The summed E-state index contributed by atoms with van der Waals surface area (Å²) in [6, 6.07) is -0.731. The molecule has 0 aliphatic carbocycles. The molecule has 0 aromatic heterocycles. The molecule has 0 spiro atoms. The number of aliphatic carboxylic acids is 3. The molecule has 0 aliphatic rings. The summed E-state index contributed by atoms with van der Waals surface area (Å²) in [7, 11) is 0. The Hall–Kier alpha value is -1.63. The summed E-state index contributed by atoms with van der Waals surface area (Å²) in [6.45, 7) is 1.42. The molecule has 1 atom stereocenters. The smallest absolute Gasteiger partial charge is 0.320 e. The van der Waals surface area contributed by atoms with Crippen molar-refractivity contribution >= 4 is 17.9 Å². The Morgan fingerprint density at radius 1 is 1.07 bits per heavy atom. The molecule has 0 fully saturated rings. The van der Waals surface area contributed by atoms with Crippen LogP contribution in [0.1, 0.15) is 19.8 Å². The summed E-state index contributed by atoms with van der Waals surface area (Å²) in [5, 5.41) is 23.7. The number of carboxylic acid groups (broad SMARTS) is 3. The lowest BCUT2D eigenvalue weighted by molar-refractivity contribution is -0.143. The van der Waals surface area contributed by atoms with Gasteiger partial charge in [0.1, 0.15) is 6.04 Å². The van der Waals surface area contributed by atoms with Crippen molar-refractivity contribution < 1.29 is 29.7 Å². The van der Waals surface area contributed by atoms with Crippen LogP contribution in [0.3, 0.4) is 0 Å². The molecule has 0 unspecified atom stereocenters. The number of hydrogen-bond donors (Lipinski definition) is 4. The SMILES string of the molecule is C[C@H](N)C(=O)O.O=C(O)CCC(=O)O. The van der Waals surface area contributed by atoms with Gasteiger partial charge in [-0.05, 0) is 6.92 Å². The quantitative estimate of drug-likeness (QED) is 0.480. The van der Waals surface area contributed by atoms with Crippen LogP contribution in [0.25, 0.3) is 0 Å². The third kappa shape index (κ3) is 16.8. The zero-order valence-corrected chi connectivity index (χ0v) is 7.64. The summed E-state index contributed by atoms with van der Waals surface area (Å²) in [5.74, 6) is -3.12. The van der Waals surface area contributed by atoms with Gasteiger partial charge in [0.25, 0.3) is 0 Å². The van der Waals surface area contributed by atoms with Gasteiger partial charge in [0.05, 0.1) is 12.8 Å². The van der Waals surface area contributed by atoms with Crippen LogP contribution >= 0.6 is 0 Å². The Morgan fingerprint density at radius 2 is 1.29 bits per heavy atom. The number of hydrogen-bond acceptors (Lipinski definition) is 4. The number of carboxylic acids is 3. The second-order valence-electron chi connectivity index (χ2n) is 2.41. The maximum Gasteiger partial charge on any atom is 0.320 e. The van der Waals surface area contributed by atoms with Crippen LogP contribution in [-0.4, -0.2) is 39.3 Å². The maximum atomic E-state index is 9.64. The van der Waals surface area contributed by atoms with E-state index < -0.39 is 23.9 Å². The molecule has 0 rings (SSSR count). The molecule has 82 valence electrons. The second-order valence-corrected chi connectivity index (χ2v) is 2.41. The molecule has 0 aromatic rings. The van der Waals surface area contributed by atoms with Crippen LogP contribution in [-0.2, 0) is 14.4 Å². The van der Waals surface area contributed by atoms with E-state index in [1.807, 2.05) is 0 Å². The van der Waals surface area contributed by atoms with Gasteiger partial charge in [-0.1, -0.05) is 0 Å². The highest BCUT2D eigenvalue weighted by Crippen LogP contribution is 1.86. The van der Waals surface area contributed by atoms with Gasteiger partial charge in [0, 0.05) is 0 Å². The third-order valence-electron chi connectivity index (χ3n) is 0.942. The summed E-state index contributed by atoms with van der Waals surface area (Å²) >= 11 is 0. The number of nitrogens with two attached hydrogens (primary N) is 1. The van der Waals surface area contributed by atoms with E-state index in [-0.39, 0.29) is 12.8 Å². The molecule has 0 saturated carbocycles. The van der Waals surface area contributed by atoms with Gasteiger partial charge >= 0.3 is 17.9 Å². The van der Waals surface area contributed by atoms with E-state index in [4.69, 9.17) is 21.1 Å². The fourth-order valence-electron chi connectivity index (χ4n) is 0.214. The summed E-state index contributed by atoms with van der Waals surface area (Å²) in [6.07, 6.45) is -0.593. The average molecular weight is 207 g/mol. The molecule has 7 heteroatoms. The lowest BCUT2D eigenvalue weighted by Crippen LogP contribution is -2.25. The topological polar surface area (TPSA) is 138 Å². The standard InChI is InChI=1S/C4H6O4.C3H7NO2/c5-3(6)1-2-4(7)8;1-2(4)3(5)6/h1-2H2,(H,5,6)(H,7,8);2H,4H2,1H3,(H,5,6)/t;2-/m.0/s1. The molecule has 5 N–H and O–H groups in total. The molecule has 0 bridgehead atoms. The number of rotatable bonds is 4.